The Bertz CT molecular complexity index is 693. The zero-order valence-corrected chi connectivity index (χ0v) is 14.3. The van der Waals surface area contributed by atoms with Gasteiger partial charge in [0.1, 0.15) is 0 Å². The molecular weight excluding hydrogens is 396 g/mol. The van der Waals surface area contributed by atoms with Gasteiger partial charge < -0.3 is 4.42 Å². The number of halogens is 2. The average Bonchev–Trinajstić information content (AvgIpc) is 3.05. The van der Waals surface area contributed by atoms with Gasteiger partial charge in [0.05, 0.1) is 0 Å². The molecular formula is C16H12Br2N2O. The lowest BCUT2D eigenvalue weighted by atomic mass is 10.1. The van der Waals surface area contributed by atoms with Crippen molar-refractivity contribution in [3.8, 4) is 22.9 Å². The van der Waals surface area contributed by atoms with Crippen molar-refractivity contribution in [3.05, 3.63) is 59.7 Å². The lowest BCUT2D eigenvalue weighted by Gasteiger charge is -1.99. The molecule has 0 amide bonds. The van der Waals surface area contributed by atoms with Gasteiger partial charge in [0, 0.05) is 21.8 Å². The molecule has 3 rings (SSSR count). The van der Waals surface area contributed by atoms with Crippen LogP contribution in [0.5, 0.6) is 0 Å². The molecule has 0 bridgehead atoms. The monoisotopic (exact) mass is 406 g/mol. The van der Waals surface area contributed by atoms with Gasteiger partial charge >= 0.3 is 0 Å². The van der Waals surface area contributed by atoms with Crippen molar-refractivity contribution in [2.45, 2.75) is 10.7 Å². The fourth-order valence-electron chi connectivity index (χ4n) is 2.03. The summed E-state index contributed by atoms with van der Waals surface area (Å²) in [5.41, 5.74) is 4.21. The van der Waals surface area contributed by atoms with Crippen molar-refractivity contribution in [3.63, 3.8) is 0 Å². The van der Waals surface area contributed by atoms with E-state index in [1.54, 1.807) is 0 Å². The summed E-state index contributed by atoms with van der Waals surface area (Å²) in [7, 11) is 0. The quantitative estimate of drug-likeness (QED) is 0.558. The molecule has 0 N–H and O–H groups in total. The van der Waals surface area contributed by atoms with Crippen LogP contribution in [0.1, 0.15) is 11.1 Å². The maximum Gasteiger partial charge on any atom is 0.248 e. The molecule has 0 aliphatic heterocycles. The normalized spacial score (nSPS) is 10.8. The predicted octanol–water partition coefficient (Wildman–Crippen LogP) is 5.19. The minimum Gasteiger partial charge on any atom is -0.416 e. The van der Waals surface area contributed by atoms with Crippen LogP contribution in [0.2, 0.25) is 0 Å². The van der Waals surface area contributed by atoms with Gasteiger partial charge in [0.15, 0.2) is 0 Å². The van der Waals surface area contributed by atoms with Gasteiger partial charge in [-0.25, -0.2) is 0 Å². The highest BCUT2D eigenvalue weighted by atomic mass is 79.9. The van der Waals surface area contributed by atoms with Crippen LogP contribution in [-0.4, -0.2) is 10.2 Å². The van der Waals surface area contributed by atoms with E-state index in [4.69, 9.17) is 4.42 Å². The fourth-order valence-corrected chi connectivity index (χ4v) is 2.73. The summed E-state index contributed by atoms with van der Waals surface area (Å²) >= 11 is 6.90. The Hall–Kier alpha value is -1.46. The SMILES string of the molecule is BrCc1cccc(-c2nnc(-c3cccc(CBr)c3)o2)c1. The third-order valence-electron chi connectivity index (χ3n) is 3.08. The van der Waals surface area contributed by atoms with E-state index in [2.05, 4.69) is 54.2 Å². The van der Waals surface area contributed by atoms with Crippen LogP contribution in [0.4, 0.5) is 0 Å². The van der Waals surface area contributed by atoms with Crippen molar-refractivity contribution in [2.75, 3.05) is 0 Å². The number of nitrogens with zero attached hydrogens (tertiary/aromatic N) is 2. The largest absolute Gasteiger partial charge is 0.416 e. The minimum atomic E-state index is 0.539. The van der Waals surface area contributed by atoms with Crippen LogP contribution in [0.25, 0.3) is 22.9 Å². The van der Waals surface area contributed by atoms with E-state index in [0.717, 1.165) is 21.8 Å². The number of alkyl halides is 2. The Morgan fingerprint density at radius 2 is 1.24 bits per heavy atom. The highest BCUT2D eigenvalue weighted by Crippen LogP contribution is 2.25. The van der Waals surface area contributed by atoms with Crippen molar-refractivity contribution >= 4 is 31.9 Å². The maximum absolute atomic E-state index is 5.80. The van der Waals surface area contributed by atoms with E-state index in [9.17, 15) is 0 Å². The maximum atomic E-state index is 5.80. The van der Waals surface area contributed by atoms with Gasteiger partial charge in [-0.05, 0) is 35.4 Å². The predicted molar refractivity (Wildman–Crippen MR) is 90.4 cm³/mol. The summed E-state index contributed by atoms with van der Waals surface area (Å²) in [5, 5.41) is 9.90. The second-order valence-corrected chi connectivity index (χ2v) is 5.70. The molecule has 21 heavy (non-hydrogen) atoms. The summed E-state index contributed by atoms with van der Waals surface area (Å²) in [4.78, 5) is 0. The highest BCUT2D eigenvalue weighted by molar-refractivity contribution is 9.08. The number of benzene rings is 2. The first kappa shape index (κ1) is 14.5. The van der Waals surface area contributed by atoms with E-state index in [1.807, 2.05) is 36.4 Å². The summed E-state index contributed by atoms with van der Waals surface area (Å²) in [6.45, 7) is 0. The Balaban J connectivity index is 1.95. The molecule has 1 heterocycles. The van der Waals surface area contributed by atoms with Crippen LogP contribution >= 0.6 is 31.9 Å². The Kier molecular flexibility index (Phi) is 4.51. The standard InChI is InChI=1S/C16H12Br2N2O/c17-9-11-3-1-5-13(7-11)15-19-20-16(21-15)14-6-2-4-12(8-14)10-18/h1-8H,9-10H2. The van der Waals surface area contributed by atoms with Gasteiger partial charge in [0.2, 0.25) is 11.8 Å². The summed E-state index contributed by atoms with van der Waals surface area (Å²) in [5.74, 6) is 1.08. The average molecular weight is 408 g/mol. The van der Waals surface area contributed by atoms with Gasteiger partial charge in [-0.1, -0.05) is 56.1 Å². The second kappa shape index (κ2) is 6.54. The molecule has 0 radical (unpaired) electrons. The fraction of sp³-hybridized carbons (Fsp3) is 0.125. The van der Waals surface area contributed by atoms with Gasteiger partial charge in [-0.15, -0.1) is 10.2 Å². The molecule has 5 heteroatoms. The van der Waals surface area contributed by atoms with Crippen LogP contribution in [-0.2, 0) is 10.7 Å². The van der Waals surface area contributed by atoms with E-state index in [1.165, 1.54) is 11.1 Å². The molecule has 3 nitrogen and oxygen atoms in total. The summed E-state index contributed by atoms with van der Waals surface area (Å²) < 4.78 is 5.80. The zero-order chi connectivity index (χ0) is 14.7. The van der Waals surface area contributed by atoms with Crippen molar-refractivity contribution in [1.29, 1.82) is 0 Å². The molecule has 0 saturated carbocycles. The number of hydrogen-bond donors (Lipinski definition) is 0. The molecule has 0 fully saturated rings. The van der Waals surface area contributed by atoms with Gasteiger partial charge in [-0.3, -0.25) is 0 Å². The number of rotatable bonds is 4. The number of hydrogen-bond acceptors (Lipinski definition) is 3. The van der Waals surface area contributed by atoms with Crippen molar-refractivity contribution in [1.82, 2.24) is 10.2 Å². The molecule has 3 aromatic rings. The third-order valence-corrected chi connectivity index (χ3v) is 4.38. The van der Waals surface area contributed by atoms with Crippen LogP contribution < -0.4 is 0 Å². The molecule has 2 aromatic carbocycles. The van der Waals surface area contributed by atoms with E-state index in [-0.39, 0.29) is 0 Å². The van der Waals surface area contributed by atoms with Crippen LogP contribution in [0, 0.1) is 0 Å². The smallest absolute Gasteiger partial charge is 0.248 e. The first-order chi connectivity index (χ1) is 10.3. The van der Waals surface area contributed by atoms with Crippen molar-refractivity contribution in [2.24, 2.45) is 0 Å². The zero-order valence-electron chi connectivity index (χ0n) is 11.1. The molecule has 1 aromatic heterocycles. The summed E-state index contributed by atoms with van der Waals surface area (Å²) in [6, 6.07) is 16.1. The molecule has 0 spiro atoms. The Labute approximate surface area is 139 Å². The molecule has 0 unspecified atom stereocenters. The third kappa shape index (κ3) is 3.24. The lowest BCUT2D eigenvalue weighted by Crippen LogP contribution is -1.81. The van der Waals surface area contributed by atoms with E-state index >= 15 is 0 Å². The second-order valence-electron chi connectivity index (χ2n) is 4.58. The van der Waals surface area contributed by atoms with Crippen LogP contribution in [0.15, 0.2) is 52.9 Å². The van der Waals surface area contributed by atoms with Crippen molar-refractivity contribution < 1.29 is 4.42 Å². The highest BCUT2D eigenvalue weighted by Gasteiger charge is 2.11. The Morgan fingerprint density at radius 1 is 0.762 bits per heavy atom. The van der Waals surface area contributed by atoms with Gasteiger partial charge in [0.25, 0.3) is 0 Å². The molecule has 0 aliphatic carbocycles. The lowest BCUT2D eigenvalue weighted by molar-refractivity contribution is 0.584. The Morgan fingerprint density at radius 3 is 1.67 bits per heavy atom. The van der Waals surface area contributed by atoms with E-state index in [0.29, 0.717) is 11.8 Å². The first-order valence-electron chi connectivity index (χ1n) is 6.44. The molecule has 106 valence electrons. The van der Waals surface area contributed by atoms with Crippen LogP contribution in [0.3, 0.4) is 0 Å². The molecule has 0 aliphatic rings. The first-order valence-corrected chi connectivity index (χ1v) is 8.68. The molecule has 0 saturated heterocycles. The number of aromatic nitrogens is 2. The molecule has 0 atom stereocenters. The van der Waals surface area contributed by atoms with E-state index < -0.39 is 0 Å². The van der Waals surface area contributed by atoms with Gasteiger partial charge in [-0.2, -0.15) is 0 Å². The summed E-state index contributed by atoms with van der Waals surface area (Å²) in [6.07, 6.45) is 0. The minimum absolute atomic E-state index is 0.539. The topological polar surface area (TPSA) is 38.9 Å².